The van der Waals surface area contributed by atoms with Crippen LogP contribution in [0.4, 0.5) is 0 Å². The first-order valence-corrected chi connectivity index (χ1v) is 4.27. The Balaban J connectivity index is 2.18. The summed E-state index contributed by atoms with van der Waals surface area (Å²) in [6, 6.07) is 0. The highest BCUT2D eigenvalue weighted by atomic mass is 14.7. The topological polar surface area (TPSA) is 41.8 Å². The minimum atomic E-state index is 0.737. The molecule has 3 N–H and O–H groups in total. The first-order chi connectivity index (χ1) is 5.42. The summed E-state index contributed by atoms with van der Waals surface area (Å²) in [6.45, 7) is 0.815. The van der Waals surface area contributed by atoms with E-state index >= 15 is 0 Å². The van der Waals surface area contributed by atoms with Gasteiger partial charge in [0.25, 0.3) is 0 Å². The van der Waals surface area contributed by atoms with E-state index < -0.39 is 0 Å². The number of aromatic nitrogens is 1. The second kappa shape index (κ2) is 2.70. The minimum absolute atomic E-state index is 0.737. The number of nitrogens with two attached hydrogens (primary N) is 1. The maximum Gasteiger partial charge on any atom is 0.00430 e. The average Bonchev–Trinajstić information content (AvgIpc) is 2.53. The lowest BCUT2D eigenvalue weighted by Crippen LogP contribution is -2.04. The molecule has 0 bridgehead atoms. The van der Waals surface area contributed by atoms with Crippen LogP contribution in [0.3, 0.4) is 0 Å². The molecule has 1 heterocycles. The smallest absolute Gasteiger partial charge is 0.00430 e. The Bertz CT molecular complexity index is 239. The fourth-order valence-corrected chi connectivity index (χ4v) is 1.99. The number of aromatic amines is 1. The van der Waals surface area contributed by atoms with Crippen molar-refractivity contribution >= 4 is 0 Å². The summed E-state index contributed by atoms with van der Waals surface area (Å²) in [5.74, 6) is 0.737. The lowest BCUT2D eigenvalue weighted by Gasteiger charge is -2.06. The number of aryl methyl sites for hydroxylation is 1. The molecule has 0 radical (unpaired) electrons. The summed E-state index contributed by atoms with van der Waals surface area (Å²) in [7, 11) is 0. The van der Waals surface area contributed by atoms with Gasteiger partial charge in [-0.05, 0) is 42.9 Å². The number of fused-ring (bicyclic) bond motifs is 1. The first-order valence-electron chi connectivity index (χ1n) is 4.27. The number of hydrogen-bond acceptors (Lipinski definition) is 1. The van der Waals surface area contributed by atoms with Gasteiger partial charge in [-0.1, -0.05) is 0 Å². The largest absolute Gasteiger partial charge is 0.367 e. The van der Waals surface area contributed by atoms with E-state index in [1.54, 1.807) is 0 Å². The molecule has 0 saturated carbocycles. The van der Waals surface area contributed by atoms with E-state index in [2.05, 4.69) is 17.4 Å². The van der Waals surface area contributed by atoms with Crippen LogP contribution >= 0.6 is 0 Å². The quantitative estimate of drug-likeness (QED) is 0.657. The highest BCUT2D eigenvalue weighted by molar-refractivity contribution is 5.31. The first kappa shape index (κ1) is 6.92. The molecule has 11 heavy (non-hydrogen) atoms. The fourth-order valence-electron chi connectivity index (χ4n) is 1.99. The Kier molecular flexibility index (Phi) is 1.70. The van der Waals surface area contributed by atoms with Crippen molar-refractivity contribution in [1.82, 2.24) is 4.98 Å². The van der Waals surface area contributed by atoms with Crippen LogP contribution in [0.15, 0.2) is 12.4 Å². The monoisotopic (exact) mass is 150 g/mol. The number of nitrogens with one attached hydrogen (secondary N) is 1. The number of rotatable bonds is 2. The number of H-pyrrole nitrogens is 1. The van der Waals surface area contributed by atoms with Gasteiger partial charge in [-0.2, -0.15) is 0 Å². The summed E-state index contributed by atoms with van der Waals surface area (Å²) >= 11 is 0. The lowest BCUT2D eigenvalue weighted by atomic mass is 10.0. The molecule has 1 aromatic heterocycles. The number of hydrogen-bond donors (Lipinski definition) is 2. The molecule has 1 aromatic rings. The predicted octanol–water partition coefficient (Wildman–Crippen LogP) is 1.39. The molecule has 2 nitrogen and oxygen atoms in total. The maximum absolute atomic E-state index is 5.52. The zero-order chi connectivity index (χ0) is 7.68. The van der Waals surface area contributed by atoms with E-state index in [4.69, 9.17) is 5.73 Å². The highest BCUT2D eigenvalue weighted by Gasteiger charge is 2.21. The van der Waals surface area contributed by atoms with E-state index in [1.165, 1.54) is 24.0 Å². The van der Waals surface area contributed by atoms with Crippen LogP contribution in [-0.4, -0.2) is 11.5 Å². The summed E-state index contributed by atoms with van der Waals surface area (Å²) in [4.78, 5) is 3.15. The molecule has 1 atom stereocenters. The van der Waals surface area contributed by atoms with Gasteiger partial charge in [0.15, 0.2) is 0 Å². The molecule has 0 fully saturated rings. The Hall–Kier alpha value is -0.760. The third kappa shape index (κ3) is 1.07. The third-order valence-corrected chi connectivity index (χ3v) is 2.58. The molecule has 1 aliphatic carbocycles. The van der Waals surface area contributed by atoms with E-state index in [9.17, 15) is 0 Å². The van der Waals surface area contributed by atoms with E-state index in [0.717, 1.165) is 18.9 Å². The third-order valence-electron chi connectivity index (χ3n) is 2.58. The lowest BCUT2D eigenvalue weighted by molar-refractivity contribution is 0.625. The second-order valence-corrected chi connectivity index (χ2v) is 3.25. The van der Waals surface area contributed by atoms with Crippen molar-refractivity contribution in [1.29, 1.82) is 0 Å². The van der Waals surface area contributed by atoms with Gasteiger partial charge in [0.2, 0.25) is 0 Å². The maximum atomic E-state index is 5.52. The van der Waals surface area contributed by atoms with E-state index in [-0.39, 0.29) is 0 Å². The van der Waals surface area contributed by atoms with Crippen molar-refractivity contribution in [3.8, 4) is 0 Å². The van der Waals surface area contributed by atoms with Crippen LogP contribution in [0, 0.1) is 0 Å². The van der Waals surface area contributed by atoms with Gasteiger partial charge in [-0.15, -0.1) is 0 Å². The van der Waals surface area contributed by atoms with Crippen LogP contribution in [0.25, 0.3) is 0 Å². The second-order valence-electron chi connectivity index (χ2n) is 3.25. The fraction of sp³-hybridized carbons (Fsp3) is 0.556. The van der Waals surface area contributed by atoms with Crippen molar-refractivity contribution < 1.29 is 0 Å². The van der Waals surface area contributed by atoms with E-state index in [0.29, 0.717) is 0 Å². The molecule has 0 spiro atoms. The van der Waals surface area contributed by atoms with Gasteiger partial charge in [0.1, 0.15) is 0 Å². The molecule has 1 aliphatic rings. The van der Waals surface area contributed by atoms with Gasteiger partial charge in [-0.25, -0.2) is 0 Å². The molecule has 1 unspecified atom stereocenters. The molecule has 2 heteroatoms. The van der Waals surface area contributed by atoms with Gasteiger partial charge in [-0.3, -0.25) is 0 Å². The van der Waals surface area contributed by atoms with Crippen LogP contribution in [0.1, 0.15) is 29.9 Å². The van der Waals surface area contributed by atoms with Crippen molar-refractivity contribution in [3.63, 3.8) is 0 Å². The Morgan fingerprint density at radius 1 is 1.55 bits per heavy atom. The summed E-state index contributed by atoms with van der Waals surface area (Å²) in [5.41, 5.74) is 8.54. The predicted molar refractivity (Wildman–Crippen MR) is 45.5 cm³/mol. The van der Waals surface area contributed by atoms with E-state index in [1.807, 2.05) is 0 Å². The van der Waals surface area contributed by atoms with Crippen LogP contribution in [0.5, 0.6) is 0 Å². The Labute approximate surface area is 66.8 Å². The average molecular weight is 150 g/mol. The molecular weight excluding hydrogens is 136 g/mol. The molecule has 0 aliphatic heterocycles. The van der Waals surface area contributed by atoms with Crippen molar-refractivity contribution in [3.05, 3.63) is 23.5 Å². The molecule has 0 amide bonds. The Morgan fingerprint density at radius 2 is 2.45 bits per heavy atom. The molecule has 2 rings (SSSR count). The van der Waals surface area contributed by atoms with Gasteiger partial charge in [0.05, 0.1) is 0 Å². The van der Waals surface area contributed by atoms with Crippen LogP contribution < -0.4 is 5.73 Å². The SMILES string of the molecule is NCCC1CCc2c[nH]cc21. The molecular formula is C9H14N2. The van der Waals surface area contributed by atoms with Crippen LogP contribution in [0.2, 0.25) is 0 Å². The Morgan fingerprint density at radius 3 is 3.27 bits per heavy atom. The molecule has 0 aromatic carbocycles. The summed E-state index contributed by atoms with van der Waals surface area (Å²) < 4.78 is 0. The zero-order valence-electron chi connectivity index (χ0n) is 6.64. The highest BCUT2D eigenvalue weighted by Crippen LogP contribution is 2.34. The van der Waals surface area contributed by atoms with Crippen molar-refractivity contribution in [2.75, 3.05) is 6.54 Å². The van der Waals surface area contributed by atoms with Crippen molar-refractivity contribution in [2.24, 2.45) is 5.73 Å². The summed E-state index contributed by atoms with van der Waals surface area (Å²) in [6.07, 6.45) is 7.93. The normalized spacial score (nSPS) is 22.1. The standard InChI is InChI=1S/C9H14N2/c10-4-3-7-1-2-8-5-11-6-9(7)8/h5-7,11H,1-4,10H2. The van der Waals surface area contributed by atoms with Gasteiger partial charge < -0.3 is 10.7 Å². The van der Waals surface area contributed by atoms with Gasteiger partial charge >= 0.3 is 0 Å². The molecule has 0 saturated heterocycles. The zero-order valence-corrected chi connectivity index (χ0v) is 6.64. The minimum Gasteiger partial charge on any atom is -0.367 e. The summed E-state index contributed by atoms with van der Waals surface area (Å²) in [5, 5.41) is 0. The van der Waals surface area contributed by atoms with Crippen molar-refractivity contribution in [2.45, 2.75) is 25.2 Å². The van der Waals surface area contributed by atoms with Crippen LogP contribution in [-0.2, 0) is 6.42 Å². The van der Waals surface area contributed by atoms with Gasteiger partial charge in [0, 0.05) is 12.4 Å². The molecule has 60 valence electrons.